The van der Waals surface area contributed by atoms with Crippen molar-refractivity contribution in [3.8, 4) is 0 Å². The van der Waals surface area contributed by atoms with Gasteiger partial charge in [0.1, 0.15) is 5.84 Å². The maximum absolute atomic E-state index is 11.9. The smallest absolute Gasteiger partial charge is 0.280 e. The highest BCUT2D eigenvalue weighted by atomic mass is 32.2. The molecule has 6 nitrogen and oxygen atoms in total. The van der Waals surface area contributed by atoms with E-state index in [2.05, 4.69) is 4.72 Å². The van der Waals surface area contributed by atoms with Crippen molar-refractivity contribution in [1.82, 2.24) is 9.03 Å². The zero-order chi connectivity index (χ0) is 13.0. The number of nitrogens with zero attached hydrogens (tertiary/aromatic N) is 1. The minimum Gasteiger partial charge on any atom is -0.386 e. The van der Waals surface area contributed by atoms with Gasteiger partial charge in [-0.05, 0) is 13.3 Å². The van der Waals surface area contributed by atoms with Gasteiger partial charge in [-0.15, -0.1) is 0 Å². The number of hydrogen-bond acceptors (Lipinski definition) is 3. The van der Waals surface area contributed by atoms with Gasteiger partial charge in [0.2, 0.25) is 0 Å². The quantitative estimate of drug-likeness (QED) is 0.446. The summed E-state index contributed by atoms with van der Waals surface area (Å²) in [6.45, 7) is 7.70. The molecule has 0 saturated heterocycles. The Morgan fingerprint density at radius 2 is 1.81 bits per heavy atom. The molecule has 0 saturated carbocycles. The van der Waals surface area contributed by atoms with Gasteiger partial charge in [-0.2, -0.15) is 17.4 Å². The molecule has 1 unspecified atom stereocenters. The molecule has 0 aliphatic heterocycles. The highest BCUT2D eigenvalue weighted by Gasteiger charge is 2.33. The van der Waals surface area contributed by atoms with Gasteiger partial charge in [0, 0.05) is 13.1 Å². The summed E-state index contributed by atoms with van der Waals surface area (Å²) in [4.78, 5) is 0. The minimum atomic E-state index is -3.57. The normalized spacial score (nSPS) is 16.1. The second-order valence-corrected chi connectivity index (χ2v) is 5.46. The second-order valence-electron chi connectivity index (χ2n) is 3.79. The molecule has 0 amide bonds. The van der Waals surface area contributed by atoms with Crippen LogP contribution in [0.1, 0.15) is 34.1 Å². The van der Waals surface area contributed by atoms with E-state index in [9.17, 15) is 8.42 Å². The molecule has 0 aliphatic carbocycles. The first kappa shape index (κ1) is 15.3. The van der Waals surface area contributed by atoms with Crippen LogP contribution in [0.5, 0.6) is 0 Å². The lowest BCUT2D eigenvalue weighted by atomic mass is 10.00. The largest absolute Gasteiger partial charge is 0.386 e. The molecule has 0 heterocycles. The summed E-state index contributed by atoms with van der Waals surface area (Å²) in [7, 11) is -3.57. The van der Waals surface area contributed by atoms with Crippen LogP contribution in [-0.4, -0.2) is 37.2 Å². The standard InChI is InChI=1S/C9H22N4O2S/c1-5-9(4,8(10)11)12-16(14,15)13(6-2)7-3/h12H,5-7H2,1-4H3,(H3,10,11). The summed E-state index contributed by atoms with van der Waals surface area (Å²) in [5.41, 5.74) is 4.40. The number of amidine groups is 1. The molecule has 0 bridgehead atoms. The third-order valence-electron chi connectivity index (χ3n) is 2.70. The second kappa shape index (κ2) is 5.60. The third kappa shape index (κ3) is 3.43. The van der Waals surface area contributed by atoms with Gasteiger partial charge in [0.25, 0.3) is 10.2 Å². The molecule has 0 aromatic heterocycles. The average Bonchev–Trinajstić information content (AvgIpc) is 2.17. The Hall–Kier alpha value is -0.660. The zero-order valence-electron chi connectivity index (χ0n) is 10.4. The van der Waals surface area contributed by atoms with Crippen LogP contribution in [0.3, 0.4) is 0 Å². The molecular weight excluding hydrogens is 228 g/mol. The Morgan fingerprint density at radius 1 is 1.38 bits per heavy atom. The summed E-state index contributed by atoms with van der Waals surface area (Å²) in [5, 5.41) is 7.42. The van der Waals surface area contributed by atoms with Crippen LogP contribution in [0.25, 0.3) is 0 Å². The van der Waals surface area contributed by atoms with E-state index in [1.165, 1.54) is 4.31 Å². The first-order valence-electron chi connectivity index (χ1n) is 5.37. The summed E-state index contributed by atoms with van der Waals surface area (Å²) in [6, 6.07) is 0. The molecule has 96 valence electrons. The van der Waals surface area contributed by atoms with E-state index in [1.54, 1.807) is 27.7 Å². The minimum absolute atomic E-state index is 0.175. The Labute approximate surface area is 97.9 Å². The summed E-state index contributed by atoms with van der Waals surface area (Å²) < 4.78 is 27.6. The van der Waals surface area contributed by atoms with Crippen molar-refractivity contribution in [1.29, 1.82) is 5.41 Å². The molecule has 0 radical (unpaired) electrons. The third-order valence-corrected chi connectivity index (χ3v) is 4.61. The molecule has 4 N–H and O–H groups in total. The van der Waals surface area contributed by atoms with Crippen LogP contribution < -0.4 is 10.5 Å². The monoisotopic (exact) mass is 250 g/mol. The van der Waals surface area contributed by atoms with Crippen molar-refractivity contribution >= 4 is 16.0 Å². The molecule has 1 atom stereocenters. The molecule has 0 fully saturated rings. The van der Waals surface area contributed by atoms with E-state index in [1.807, 2.05) is 0 Å². The van der Waals surface area contributed by atoms with Gasteiger partial charge in [-0.3, -0.25) is 5.41 Å². The number of nitrogens with two attached hydrogens (primary N) is 1. The average molecular weight is 250 g/mol. The molecule has 0 aromatic rings. The van der Waals surface area contributed by atoms with Gasteiger partial charge >= 0.3 is 0 Å². The van der Waals surface area contributed by atoms with E-state index in [0.29, 0.717) is 19.5 Å². The van der Waals surface area contributed by atoms with Crippen LogP contribution in [0.2, 0.25) is 0 Å². The molecule has 16 heavy (non-hydrogen) atoms. The topological polar surface area (TPSA) is 99.3 Å². The Morgan fingerprint density at radius 3 is 2.06 bits per heavy atom. The molecule has 0 rings (SSSR count). The Bertz CT molecular complexity index is 337. The Balaban J connectivity index is 5.02. The van der Waals surface area contributed by atoms with Crippen molar-refractivity contribution in [2.75, 3.05) is 13.1 Å². The lowest BCUT2D eigenvalue weighted by molar-refractivity contribution is 0.413. The van der Waals surface area contributed by atoms with Crippen LogP contribution >= 0.6 is 0 Å². The predicted molar refractivity (Wildman–Crippen MR) is 65.6 cm³/mol. The van der Waals surface area contributed by atoms with Gasteiger partial charge in [-0.1, -0.05) is 20.8 Å². The fourth-order valence-electron chi connectivity index (χ4n) is 1.23. The SMILES string of the molecule is CCN(CC)S(=O)(=O)NC(C)(CC)C(=N)N. The van der Waals surface area contributed by atoms with E-state index >= 15 is 0 Å². The summed E-state index contributed by atoms with van der Waals surface area (Å²) >= 11 is 0. The van der Waals surface area contributed by atoms with E-state index in [-0.39, 0.29) is 5.84 Å². The Kier molecular flexibility index (Phi) is 5.37. The summed E-state index contributed by atoms with van der Waals surface area (Å²) in [6.07, 6.45) is 0.433. The van der Waals surface area contributed by atoms with E-state index in [4.69, 9.17) is 11.1 Å². The van der Waals surface area contributed by atoms with Gasteiger partial charge < -0.3 is 5.73 Å². The fraction of sp³-hybridized carbons (Fsp3) is 0.889. The highest BCUT2D eigenvalue weighted by molar-refractivity contribution is 7.87. The number of nitrogens with one attached hydrogen (secondary N) is 2. The van der Waals surface area contributed by atoms with Crippen molar-refractivity contribution in [3.63, 3.8) is 0 Å². The molecule has 7 heteroatoms. The van der Waals surface area contributed by atoms with Crippen LogP contribution in [0.4, 0.5) is 0 Å². The van der Waals surface area contributed by atoms with Crippen LogP contribution in [0.15, 0.2) is 0 Å². The molecule has 0 spiro atoms. The molecular formula is C9H22N4O2S. The first-order valence-corrected chi connectivity index (χ1v) is 6.81. The first-order chi connectivity index (χ1) is 7.23. The van der Waals surface area contributed by atoms with Crippen molar-refractivity contribution in [2.24, 2.45) is 5.73 Å². The molecule has 0 aromatic carbocycles. The number of hydrogen-bond donors (Lipinski definition) is 3. The van der Waals surface area contributed by atoms with Gasteiger partial charge in [0.15, 0.2) is 0 Å². The van der Waals surface area contributed by atoms with Crippen molar-refractivity contribution < 1.29 is 8.42 Å². The maximum atomic E-state index is 11.9. The van der Waals surface area contributed by atoms with Crippen LogP contribution in [-0.2, 0) is 10.2 Å². The molecule has 0 aliphatic rings. The zero-order valence-corrected chi connectivity index (χ0v) is 11.2. The van der Waals surface area contributed by atoms with Crippen LogP contribution in [0, 0.1) is 5.41 Å². The fourth-order valence-corrected chi connectivity index (χ4v) is 2.86. The van der Waals surface area contributed by atoms with Gasteiger partial charge in [0.05, 0.1) is 5.54 Å². The van der Waals surface area contributed by atoms with Crippen molar-refractivity contribution in [2.45, 2.75) is 39.7 Å². The lowest BCUT2D eigenvalue weighted by Crippen LogP contribution is -2.57. The number of rotatable bonds is 7. The predicted octanol–water partition coefficient (Wildman–Crippen LogP) is 0.267. The van der Waals surface area contributed by atoms with E-state index in [0.717, 1.165) is 0 Å². The van der Waals surface area contributed by atoms with E-state index < -0.39 is 15.7 Å². The highest BCUT2D eigenvalue weighted by Crippen LogP contribution is 2.12. The van der Waals surface area contributed by atoms with Crippen molar-refractivity contribution in [3.05, 3.63) is 0 Å². The lowest BCUT2D eigenvalue weighted by Gasteiger charge is -2.30. The summed E-state index contributed by atoms with van der Waals surface area (Å²) in [5.74, 6) is -0.175. The van der Waals surface area contributed by atoms with Gasteiger partial charge in [-0.25, -0.2) is 0 Å². The maximum Gasteiger partial charge on any atom is 0.280 e.